The molecule has 0 saturated heterocycles. The Morgan fingerprint density at radius 3 is 2.26 bits per heavy atom. The van der Waals surface area contributed by atoms with Crippen LogP contribution >= 0.6 is 0 Å². The molecule has 0 aromatic carbocycles. The number of carboxylic acid groups (broad SMARTS) is 1. The lowest BCUT2D eigenvalue weighted by molar-refractivity contribution is -0.145. The number of alkyl halides is 3. The van der Waals surface area contributed by atoms with Crippen LogP contribution in [0.3, 0.4) is 0 Å². The maximum Gasteiger partial charge on any atom is 0.435 e. The Kier molecular flexibility index (Phi) is 3.77. The van der Waals surface area contributed by atoms with Crippen LogP contribution in [0.4, 0.5) is 13.2 Å². The second-order valence-electron chi connectivity index (χ2n) is 4.68. The van der Waals surface area contributed by atoms with Crippen LogP contribution in [0.2, 0.25) is 0 Å². The van der Waals surface area contributed by atoms with Crippen LogP contribution in [-0.2, 0) is 6.18 Å². The van der Waals surface area contributed by atoms with Crippen molar-refractivity contribution in [3.05, 3.63) is 11.4 Å². The average molecular weight is 277 g/mol. The van der Waals surface area contributed by atoms with Gasteiger partial charge in [-0.05, 0) is 12.8 Å². The van der Waals surface area contributed by atoms with E-state index in [0.717, 1.165) is 30.4 Å². The molecule has 0 unspecified atom stereocenters. The van der Waals surface area contributed by atoms with Crippen molar-refractivity contribution >= 4 is 5.97 Å². The number of nitrogens with zero attached hydrogens (tertiary/aromatic N) is 3. The van der Waals surface area contributed by atoms with Gasteiger partial charge in [0.05, 0.1) is 6.04 Å². The Labute approximate surface area is 107 Å². The van der Waals surface area contributed by atoms with Crippen molar-refractivity contribution in [1.82, 2.24) is 15.0 Å². The number of rotatable bonds is 2. The minimum Gasteiger partial charge on any atom is -0.476 e. The number of carbonyl (C=O) groups is 1. The molecule has 8 heteroatoms. The van der Waals surface area contributed by atoms with E-state index >= 15 is 0 Å². The molecule has 0 amide bonds. The maximum absolute atomic E-state index is 13.0. The fraction of sp³-hybridized carbons (Fsp3) is 0.727. The highest BCUT2D eigenvalue weighted by Crippen LogP contribution is 2.36. The molecule has 1 saturated carbocycles. The zero-order valence-corrected chi connectivity index (χ0v) is 10.2. The summed E-state index contributed by atoms with van der Waals surface area (Å²) >= 11 is 0. The Morgan fingerprint density at radius 2 is 1.79 bits per heavy atom. The molecule has 0 aliphatic heterocycles. The van der Waals surface area contributed by atoms with E-state index in [2.05, 4.69) is 10.3 Å². The molecule has 1 aliphatic rings. The van der Waals surface area contributed by atoms with E-state index < -0.39 is 29.6 Å². The lowest BCUT2D eigenvalue weighted by atomic mass is 10.1. The standard InChI is InChI=1S/C11H14F3N3O2/c12-11(13,14)9-8(10(18)19)15-16-17(9)7-5-3-1-2-4-6-7/h7H,1-6H2,(H,18,19). The van der Waals surface area contributed by atoms with Crippen LogP contribution in [0.25, 0.3) is 0 Å². The first kappa shape index (κ1) is 13.8. The second kappa shape index (κ2) is 5.18. The summed E-state index contributed by atoms with van der Waals surface area (Å²) in [6, 6.07) is -0.417. The molecule has 106 valence electrons. The van der Waals surface area contributed by atoms with E-state index in [4.69, 9.17) is 5.11 Å². The Balaban J connectivity index is 2.42. The highest BCUT2D eigenvalue weighted by atomic mass is 19.4. The molecule has 0 atom stereocenters. The maximum atomic E-state index is 13.0. The first-order chi connectivity index (χ1) is 8.91. The van der Waals surface area contributed by atoms with Crippen LogP contribution < -0.4 is 0 Å². The SMILES string of the molecule is O=C(O)c1nnn(C2CCCCCC2)c1C(F)(F)F. The van der Waals surface area contributed by atoms with E-state index in [1.165, 1.54) is 0 Å². The topological polar surface area (TPSA) is 68.0 Å². The normalized spacial score (nSPS) is 18.3. The lowest BCUT2D eigenvalue weighted by Crippen LogP contribution is -2.21. The number of aromatic carboxylic acids is 1. The van der Waals surface area contributed by atoms with Crippen molar-refractivity contribution in [2.75, 3.05) is 0 Å². The predicted octanol–water partition coefficient (Wildman–Crippen LogP) is 2.89. The third-order valence-electron chi connectivity index (χ3n) is 3.34. The van der Waals surface area contributed by atoms with Gasteiger partial charge < -0.3 is 5.11 Å². The summed E-state index contributed by atoms with van der Waals surface area (Å²) in [7, 11) is 0. The van der Waals surface area contributed by atoms with Crippen molar-refractivity contribution in [2.45, 2.75) is 50.7 Å². The minimum absolute atomic E-state index is 0.417. The smallest absolute Gasteiger partial charge is 0.435 e. The van der Waals surface area contributed by atoms with Crippen LogP contribution in [0, 0.1) is 0 Å². The monoisotopic (exact) mass is 277 g/mol. The zero-order chi connectivity index (χ0) is 14.0. The van der Waals surface area contributed by atoms with Crippen LogP contribution in [0.1, 0.15) is 60.7 Å². The van der Waals surface area contributed by atoms with E-state index in [1.54, 1.807) is 0 Å². The van der Waals surface area contributed by atoms with Gasteiger partial charge in [-0.2, -0.15) is 13.2 Å². The molecular formula is C11H14F3N3O2. The van der Waals surface area contributed by atoms with Crippen LogP contribution in [0.15, 0.2) is 0 Å². The van der Waals surface area contributed by atoms with Gasteiger partial charge in [-0.1, -0.05) is 30.9 Å². The molecule has 1 heterocycles. The fourth-order valence-electron chi connectivity index (χ4n) is 2.46. The summed E-state index contributed by atoms with van der Waals surface area (Å²) in [6.07, 6.45) is 0.00561. The van der Waals surface area contributed by atoms with Crippen LogP contribution in [0.5, 0.6) is 0 Å². The first-order valence-electron chi connectivity index (χ1n) is 6.17. The van der Waals surface area contributed by atoms with Gasteiger partial charge in [-0.25, -0.2) is 9.48 Å². The largest absolute Gasteiger partial charge is 0.476 e. The highest BCUT2D eigenvalue weighted by molar-refractivity contribution is 5.86. The van der Waals surface area contributed by atoms with E-state index in [1.807, 2.05) is 0 Å². The van der Waals surface area contributed by atoms with Gasteiger partial charge in [0.15, 0.2) is 5.69 Å². The molecule has 5 nitrogen and oxygen atoms in total. The van der Waals surface area contributed by atoms with Crippen molar-refractivity contribution in [2.24, 2.45) is 0 Å². The summed E-state index contributed by atoms with van der Waals surface area (Å²) in [5.41, 5.74) is -2.26. The molecule has 1 aromatic heterocycles. The summed E-state index contributed by atoms with van der Waals surface area (Å²) in [5.74, 6) is -1.70. The van der Waals surface area contributed by atoms with E-state index in [-0.39, 0.29) is 0 Å². The third kappa shape index (κ3) is 2.87. The molecule has 2 rings (SSSR count). The van der Waals surface area contributed by atoms with Crippen molar-refractivity contribution in [3.63, 3.8) is 0 Å². The molecule has 0 radical (unpaired) electrons. The number of hydrogen-bond acceptors (Lipinski definition) is 3. The predicted molar refractivity (Wildman–Crippen MR) is 58.7 cm³/mol. The second-order valence-corrected chi connectivity index (χ2v) is 4.68. The van der Waals surface area contributed by atoms with Gasteiger partial charge in [0.2, 0.25) is 5.69 Å². The third-order valence-corrected chi connectivity index (χ3v) is 3.34. The molecule has 1 N–H and O–H groups in total. The average Bonchev–Trinajstić information content (AvgIpc) is 2.59. The number of hydrogen-bond donors (Lipinski definition) is 1. The van der Waals surface area contributed by atoms with Crippen molar-refractivity contribution in [1.29, 1.82) is 0 Å². The van der Waals surface area contributed by atoms with Crippen molar-refractivity contribution in [3.8, 4) is 0 Å². The van der Waals surface area contributed by atoms with Gasteiger partial charge >= 0.3 is 12.1 Å². The summed E-state index contributed by atoms with van der Waals surface area (Å²) < 4.78 is 39.7. The molecule has 1 aliphatic carbocycles. The van der Waals surface area contributed by atoms with Crippen molar-refractivity contribution < 1.29 is 23.1 Å². The number of carboxylic acids is 1. The summed E-state index contributed by atoms with van der Waals surface area (Å²) in [5, 5.41) is 15.4. The van der Waals surface area contributed by atoms with Gasteiger partial charge in [-0.3, -0.25) is 0 Å². The van der Waals surface area contributed by atoms with E-state index in [9.17, 15) is 18.0 Å². The first-order valence-corrected chi connectivity index (χ1v) is 6.17. The van der Waals surface area contributed by atoms with Gasteiger partial charge in [0, 0.05) is 0 Å². The van der Waals surface area contributed by atoms with Crippen LogP contribution in [-0.4, -0.2) is 26.1 Å². The highest BCUT2D eigenvalue weighted by Gasteiger charge is 2.43. The molecular weight excluding hydrogens is 263 g/mol. The molecule has 0 bridgehead atoms. The van der Waals surface area contributed by atoms with Gasteiger partial charge in [0.25, 0.3) is 0 Å². The Morgan fingerprint density at radius 1 is 1.21 bits per heavy atom. The summed E-state index contributed by atoms with van der Waals surface area (Å²) in [6.45, 7) is 0. The summed E-state index contributed by atoms with van der Waals surface area (Å²) in [4.78, 5) is 10.8. The number of aromatic nitrogens is 3. The fourth-order valence-corrected chi connectivity index (χ4v) is 2.46. The minimum atomic E-state index is -4.76. The zero-order valence-electron chi connectivity index (χ0n) is 10.2. The molecule has 0 spiro atoms. The Hall–Kier alpha value is -1.60. The lowest BCUT2D eigenvalue weighted by Gasteiger charge is -2.18. The van der Waals surface area contributed by atoms with Gasteiger partial charge in [-0.15, -0.1) is 5.10 Å². The Bertz CT molecular complexity index is 462. The van der Waals surface area contributed by atoms with E-state index in [0.29, 0.717) is 12.8 Å². The quantitative estimate of drug-likeness (QED) is 0.844. The van der Waals surface area contributed by atoms with Gasteiger partial charge in [0.1, 0.15) is 0 Å². The number of halogens is 3. The molecule has 1 aromatic rings. The molecule has 19 heavy (non-hydrogen) atoms. The molecule has 1 fully saturated rings.